The lowest BCUT2D eigenvalue weighted by atomic mass is 9.97. The average molecular weight is 314 g/mol. The maximum absolute atomic E-state index is 12.6. The van der Waals surface area contributed by atoms with E-state index in [0.29, 0.717) is 5.56 Å². The molecule has 0 aliphatic heterocycles. The van der Waals surface area contributed by atoms with Gasteiger partial charge < -0.3 is 0 Å². The standard InChI is InChI=1S/C17H18N2O2S/c1-13(2)17(15-8-4-3-5-9-15)19-22(20,21)16-10-6-7-14(11-16)12-18/h3-11,13,17,19H,1-2H3. The molecular formula is C17H18N2O2S. The summed E-state index contributed by atoms with van der Waals surface area (Å²) in [6, 6.07) is 17.1. The molecule has 1 N–H and O–H groups in total. The number of nitriles is 1. The van der Waals surface area contributed by atoms with Crippen molar-refractivity contribution >= 4 is 10.0 Å². The zero-order valence-electron chi connectivity index (χ0n) is 12.5. The number of benzene rings is 2. The molecule has 0 saturated heterocycles. The molecule has 4 nitrogen and oxygen atoms in total. The monoisotopic (exact) mass is 314 g/mol. The van der Waals surface area contributed by atoms with Crippen LogP contribution in [-0.4, -0.2) is 8.42 Å². The largest absolute Gasteiger partial charge is 0.241 e. The van der Waals surface area contributed by atoms with Gasteiger partial charge >= 0.3 is 0 Å². The minimum atomic E-state index is -3.69. The van der Waals surface area contributed by atoms with Crippen molar-refractivity contribution < 1.29 is 8.42 Å². The lowest BCUT2D eigenvalue weighted by Crippen LogP contribution is -2.31. The summed E-state index contributed by atoms with van der Waals surface area (Å²) in [5.41, 5.74) is 1.24. The molecule has 1 atom stereocenters. The fourth-order valence-corrected chi connectivity index (χ4v) is 3.64. The highest BCUT2D eigenvalue weighted by Crippen LogP contribution is 2.24. The topological polar surface area (TPSA) is 70.0 Å². The molecule has 0 radical (unpaired) electrons. The Morgan fingerprint density at radius 2 is 1.73 bits per heavy atom. The second-order valence-corrected chi connectivity index (χ2v) is 7.11. The molecule has 0 aliphatic rings. The van der Waals surface area contributed by atoms with E-state index in [4.69, 9.17) is 5.26 Å². The smallest absolute Gasteiger partial charge is 0.207 e. The van der Waals surface area contributed by atoms with Crippen LogP contribution in [-0.2, 0) is 10.0 Å². The summed E-state index contributed by atoms with van der Waals surface area (Å²) in [7, 11) is -3.69. The third-order valence-corrected chi connectivity index (χ3v) is 4.82. The molecule has 0 amide bonds. The van der Waals surface area contributed by atoms with Crippen molar-refractivity contribution in [1.29, 1.82) is 5.26 Å². The summed E-state index contributed by atoms with van der Waals surface area (Å²) in [5.74, 6) is 0.0938. The van der Waals surface area contributed by atoms with Crippen LogP contribution < -0.4 is 4.72 Å². The first-order valence-electron chi connectivity index (χ1n) is 7.01. The SMILES string of the molecule is CC(C)C(NS(=O)(=O)c1cccc(C#N)c1)c1ccccc1. The molecule has 0 spiro atoms. The number of nitrogens with zero attached hydrogens (tertiary/aromatic N) is 1. The summed E-state index contributed by atoms with van der Waals surface area (Å²) in [5, 5.41) is 8.91. The lowest BCUT2D eigenvalue weighted by Gasteiger charge is -2.22. The Bertz CT molecular complexity index is 778. The average Bonchev–Trinajstić information content (AvgIpc) is 2.53. The van der Waals surface area contributed by atoms with Crippen LogP contribution in [0.5, 0.6) is 0 Å². The van der Waals surface area contributed by atoms with E-state index in [1.807, 2.05) is 50.2 Å². The summed E-state index contributed by atoms with van der Waals surface area (Å²) in [6.45, 7) is 3.93. The van der Waals surface area contributed by atoms with E-state index in [1.165, 1.54) is 12.1 Å². The highest BCUT2D eigenvalue weighted by molar-refractivity contribution is 7.89. The van der Waals surface area contributed by atoms with Gasteiger partial charge in [-0.2, -0.15) is 5.26 Å². The number of rotatable bonds is 5. The first-order valence-corrected chi connectivity index (χ1v) is 8.50. The highest BCUT2D eigenvalue weighted by Gasteiger charge is 2.23. The van der Waals surface area contributed by atoms with Crippen LogP contribution >= 0.6 is 0 Å². The predicted molar refractivity (Wildman–Crippen MR) is 85.5 cm³/mol. The predicted octanol–water partition coefficient (Wildman–Crippen LogP) is 3.23. The van der Waals surface area contributed by atoms with Gasteiger partial charge in [-0.05, 0) is 29.7 Å². The summed E-state index contributed by atoms with van der Waals surface area (Å²) in [6.07, 6.45) is 0. The summed E-state index contributed by atoms with van der Waals surface area (Å²) >= 11 is 0. The molecule has 0 saturated carbocycles. The first kappa shape index (κ1) is 16.2. The highest BCUT2D eigenvalue weighted by atomic mass is 32.2. The van der Waals surface area contributed by atoms with Crippen molar-refractivity contribution in [2.24, 2.45) is 5.92 Å². The second kappa shape index (κ2) is 6.73. The van der Waals surface area contributed by atoms with Gasteiger partial charge in [-0.3, -0.25) is 0 Å². The van der Waals surface area contributed by atoms with Crippen LogP contribution in [0.3, 0.4) is 0 Å². The molecule has 0 heterocycles. The number of nitrogens with one attached hydrogen (secondary N) is 1. The summed E-state index contributed by atoms with van der Waals surface area (Å²) in [4.78, 5) is 0.105. The molecule has 22 heavy (non-hydrogen) atoms. The van der Waals surface area contributed by atoms with Crippen molar-refractivity contribution in [2.75, 3.05) is 0 Å². The van der Waals surface area contributed by atoms with Crippen molar-refractivity contribution in [2.45, 2.75) is 24.8 Å². The van der Waals surface area contributed by atoms with Crippen LogP contribution in [0.4, 0.5) is 0 Å². The quantitative estimate of drug-likeness (QED) is 0.921. The molecule has 2 rings (SSSR count). The second-order valence-electron chi connectivity index (χ2n) is 5.39. The van der Waals surface area contributed by atoms with Gasteiger partial charge in [-0.15, -0.1) is 0 Å². The Hall–Kier alpha value is -2.16. The van der Waals surface area contributed by atoms with Gasteiger partial charge in [0.15, 0.2) is 0 Å². The van der Waals surface area contributed by atoms with Gasteiger partial charge in [0.1, 0.15) is 0 Å². The van der Waals surface area contributed by atoms with Gasteiger partial charge in [0.2, 0.25) is 10.0 Å². The van der Waals surface area contributed by atoms with Gasteiger partial charge in [0.05, 0.1) is 16.5 Å². The zero-order chi connectivity index (χ0) is 16.2. The van der Waals surface area contributed by atoms with Gasteiger partial charge in [0, 0.05) is 6.04 Å². The van der Waals surface area contributed by atoms with Crippen molar-refractivity contribution in [3.63, 3.8) is 0 Å². The van der Waals surface area contributed by atoms with Gasteiger partial charge in [0.25, 0.3) is 0 Å². The molecular weight excluding hydrogens is 296 g/mol. The first-order chi connectivity index (χ1) is 10.4. The molecule has 0 aromatic heterocycles. The maximum Gasteiger partial charge on any atom is 0.241 e. The van der Waals surface area contributed by atoms with Crippen LogP contribution in [0.15, 0.2) is 59.5 Å². The molecule has 2 aromatic rings. The number of sulfonamides is 1. The Balaban J connectivity index is 2.35. The Morgan fingerprint density at radius 1 is 1.05 bits per heavy atom. The Kier molecular flexibility index (Phi) is 4.96. The Labute approximate surface area is 131 Å². The van der Waals surface area contributed by atoms with E-state index >= 15 is 0 Å². The lowest BCUT2D eigenvalue weighted by molar-refractivity contribution is 0.463. The normalized spacial score (nSPS) is 12.8. The minimum absolute atomic E-state index is 0.0938. The van der Waals surface area contributed by atoms with Crippen molar-refractivity contribution in [1.82, 2.24) is 4.72 Å². The van der Waals surface area contributed by atoms with Crippen LogP contribution in [0.1, 0.15) is 31.0 Å². The van der Waals surface area contributed by atoms with E-state index in [-0.39, 0.29) is 16.9 Å². The van der Waals surface area contributed by atoms with E-state index < -0.39 is 10.0 Å². The molecule has 0 aliphatic carbocycles. The zero-order valence-corrected chi connectivity index (χ0v) is 13.3. The molecule has 5 heteroatoms. The minimum Gasteiger partial charge on any atom is -0.207 e. The van der Waals surface area contributed by atoms with Crippen LogP contribution in [0.25, 0.3) is 0 Å². The van der Waals surface area contributed by atoms with E-state index in [0.717, 1.165) is 5.56 Å². The fourth-order valence-electron chi connectivity index (χ4n) is 2.22. The van der Waals surface area contributed by atoms with E-state index in [9.17, 15) is 8.42 Å². The maximum atomic E-state index is 12.6. The summed E-state index contributed by atoms with van der Waals surface area (Å²) < 4.78 is 27.9. The third kappa shape index (κ3) is 3.73. The number of hydrogen-bond donors (Lipinski definition) is 1. The number of hydrogen-bond acceptors (Lipinski definition) is 3. The van der Waals surface area contributed by atoms with E-state index in [1.54, 1.807) is 12.1 Å². The molecule has 2 aromatic carbocycles. The van der Waals surface area contributed by atoms with Crippen LogP contribution in [0, 0.1) is 17.2 Å². The molecule has 114 valence electrons. The van der Waals surface area contributed by atoms with Gasteiger partial charge in [-0.1, -0.05) is 50.2 Å². The molecule has 0 fully saturated rings. The fraction of sp³-hybridized carbons (Fsp3) is 0.235. The van der Waals surface area contributed by atoms with Crippen LogP contribution in [0.2, 0.25) is 0 Å². The molecule has 0 bridgehead atoms. The van der Waals surface area contributed by atoms with Crippen molar-refractivity contribution in [3.05, 3.63) is 65.7 Å². The van der Waals surface area contributed by atoms with Gasteiger partial charge in [-0.25, -0.2) is 13.1 Å². The van der Waals surface area contributed by atoms with E-state index in [2.05, 4.69) is 4.72 Å². The van der Waals surface area contributed by atoms with Crippen molar-refractivity contribution in [3.8, 4) is 6.07 Å². The third-order valence-electron chi connectivity index (χ3n) is 3.38. The Morgan fingerprint density at radius 3 is 2.32 bits per heavy atom. The molecule has 1 unspecified atom stereocenters.